The van der Waals surface area contributed by atoms with E-state index >= 15 is 0 Å². The van der Waals surface area contributed by atoms with Gasteiger partial charge in [0.2, 0.25) is 0 Å². The molecule has 0 radical (unpaired) electrons. The average molecular weight is 278 g/mol. The predicted octanol–water partition coefficient (Wildman–Crippen LogP) is 3.08. The van der Waals surface area contributed by atoms with Gasteiger partial charge in [0.15, 0.2) is 11.3 Å². The van der Waals surface area contributed by atoms with Gasteiger partial charge in [-0.15, -0.1) is 0 Å². The Kier molecular flexibility index (Phi) is 2.64. The van der Waals surface area contributed by atoms with Gasteiger partial charge < -0.3 is 14.9 Å². The third kappa shape index (κ3) is 1.66. The second-order valence-corrected chi connectivity index (χ2v) is 4.55. The van der Waals surface area contributed by atoms with Crippen molar-refractivity contribution in [3.05, 3.63) is 29.6 Å². The number of benzene rings is 1. The first-order chi connectivity index (χ1) is 9.13. The van der Waals surface area contributed by atoms with E-state index in [-0.39, 0.29) is 0 Å². The molecule has 0 saturated carbocycles. The van der Waals surface area contributed by atoms with Gasteiger partial charge in [0.1, 0.15) is 5.82 Å². The fraction of sp³-hybridized carbons (Fsp3) is 0.154. The first kappa shape index (κ1) is 11.9. The molecule has 0 spiro atoms. The van der Waals surface area contributed by atoms with Gasteiger partial charge in [-0.1, -0.05) is 11.6 Å². The second kappa shape index (κ2) is 4.20. The van der Waals surface area contributed by atoms with Crippen LogP contribution < -0.4 is 10.5 Å². The maximum atomic E-state index is 6.42. The van der Waals surface area contributed by atoms with Gasteiger partial charge in [0.25, 0.3) is 0 Å². The van der Waals surface area contributed by atoms with Crippen LogP contribution in [0.5, 0.6) is 5.75 Å². The van der Waals surface area contributed by atoms with E-state index in [0.29, 0.717) is 22.2 Å². The van der Waals surface area contributed by atoms with E-state index in [4.69, 9.17) is 26.5 Å². The van der Waals surface area contributed by atoms with Crippen LogP contribution in [-0.4, -0.2) is 16.9 Å². The molecule has 0 aliphatic heterocycles. The van der Waals surface area contributed by atoms with Gasteiger partial charge >= 0.3 is 0 Å². The third-order valence-electron chi connectivity index (χ3n) is 3.13. The number of furan rings is 1. The van der Waals surface area contributed by atoms with Crippen molar-refractivity contribution in [2.75, 3.05) is 12.8 Å². The van der Waals surface area contributed by atoms with E-state index < -0.39 is 0 Å². The van der Waals surface area contributed by atoms with Gasteiger partial charge in [-0.25, -0.2) is 0 Å². The number of nitrogens with zero attached hydrogens (tertiary/aromatic N) is 2. The van der Waals surface area contributed by atoms with Gasteiger partial charge in [-0.3, -0.25) is 4.68 Å². The van der Waals surface area contributed by atoms with E-state index in [1.807, 2.05) is 6.07 Å². The average Bonchev–Trinajstić information content (AvgIpc) is 3.00. The minimum absolute atomic E-state index is 0.548. The highest BCUT2D eigenvalue weighted by molar-refractivity contribution is 6.38. The minimum atomic E-state index is 0.548. The summed E-state index contributed by atoms with van der Waals surface area (Å²) in [5.74, 6) is 1.16. The molecule has 5 nitrogen and oxygen atoms in total. The summed E-state index contributed by atoms with van der Waals surface area (Å²) in [5, 5.41) is 5.49. The molecular formula is C13H12ClN3O2. The molecule has 0 fully saturated rings. The summed E-state index contributed by atoms with van der Waals surface area (Å²) < 4.78 is 12.3. The van der Waals surface area contributed by atoms with Gasteiger partial charge in [-0.2, -0.15) is 5.10 Å². The number of fused-ring (bicyclic) bond motifs is 1. The zero-order chi connectivity index (χ0) is 13.6. The Bertz CT molecular complexity index is 761. The highest BCUT2D eigenvalue weighted by Gasteiger charge is 2.18. The molecule has 98 valence electrons. The highest BCUT2D eigenvalue weighted by Crippen LogP contribution is 2.41. The minimum Gasteiger partial charge on any atom is -0.493 e. The Labute approximate surface area is 114 Å². The van der Waals surface area contributed by atoms with E-state index in [0.717, 1.165) is 16.5 Å². The number of aryl methyl sites for hydroxylation is 1. The van der Waals surface area contributed by atoms with Crippen LogP contribution in [0.4, 0.5) is 5.82 Å². The molecule has 0 amide bonds. The van der Waals surface area contributed by atoms with E-state index in [1.165, 1.54) is 0 Å². The standard InChI is InChI=1S/C13H12ClN3O2/c1-17-13(15)9(6-16-17)8-5-10(18-2)12-7(11(8)14)3-4-19-12/h3-6H,15H2,1-2H3. The number of hydrogen-bond acceptors (Lipinski definition) is 4. The maximum Gasteiger partial charge on any atom is 0.177 e. The van der Waals surface area contributed by atoms with Crippen molar-refractivity contribution >= 4 is 28.4 Å². The number of rotatable bonds is 2. The Morgan fingerprint density at radius 2 is 2.21 bits per heavy atom. The van der Waals surface area contributed by atoms with Gasteiger partial charge in [0, 0.05) is 23.6 Å². The summed E-state index contributed by atoms with van der Waals surface area (Å²) in [6.45, 7) is 0. The lowest BCUT2D eigenvalue weighted by molar-refractivity contribution is 0.410. The van der Waals surface area contributed by atoms with E-state index in [9.17, 15) is 0 Å². The lowest BCUT2D eigenvalue weighted by Gasteiger charge is -2.08. The first-order valence-corrected chi connectivity index (χ1v) is 6.02. The van der Waals surface area contributed by atoms with Crippen molar-refractivity contribution < 1.29 is 9.15 Å². The summed E-state index contributed by atoms with van der Waals surface area (Å²) in [5.41, 5.74) is 8.16. The normalized spacial score (nSPS) is 11.1. The third-order valence-corrected chi connectivity index (χ3v) is 3.54. The smallest absolute Gasteiger partial charge is 0.177 e. The van der Waals surface area contributed by atoms with Crippen LogP contribution in [0.15, 0.2) is 29.0 Å². The molecule has 6 heteroatoms. The molecule has 1 aromatic carbocycles. The zero-order valence-electron chi connectivity index (χ0n) is 10.5. The van der Waals surface area contributed by atoms with Crippen molar-refractivity contribution in [2.24, 2.45) is 7.05 Å². The number of methoxy groups -OCH3 is 1. The largest absolute Gasteiger partial charge is 0.493 e. The number of aromatic nitrogens is 2. The SMILES string of the molecule is COc1cc(-c2cnn(C)c2N)c(Cl)c2ccoc12. The molecule has 0 unspecified atom stereocenters. The monoisotopic (exact) mass is 277 g/mol. The molecule has 3 aromatic rings. The fourth-order valence-corrected chi connectivity index (χ4v) is 2.39. The summed E-state index contributed by atoms with van der Waals surface area (Å²) in [6, 6.07) is 3.61. The number of nitrogen functional groups attached to an aromatic ring is 1. The Morgan fingerprint density at radius 1 is 1.42 bits per heavy atom. The summed E-state index contributed by atoms with van der Waals surface area (Å²) in [4.78, 5) is 0. The molecule has 0 saturated heterocycles. The summed E-state index contributed by atoms with van der Waals surface area (Å²) >= 11 is 6.42. The van der Waals surface area contributed by atoms with E-state index in [1.54, 1.807) is 37.4 Å². The predicted molar refractivity (Wildman–Crippen MR) is 74.4 cm³/mol. The number of anilines is 1. The molecule has 0 aliphatic carbocycles. The molecule has 19 heavy (non-hydrogen) atoms. The van der Waals surface area contributed by atoms with Crippen LogP contribution in [0.1, 0.15) is 0 Å². The van der Waals surface area contributed by atoms with Crippen molar-refractivity contribution in [1.82, 2.24) is 9.78 Å². The lowest BCUT2D eigenvalue weighted by Crippen LogP contribution is -1.98. The molecule has 2 aromatic heterocycles. The number of halogens is 1. The van der Waals surface area contributed by atoms with Crippen LogP contribution in [0, 0.1) is 0 Å². The Hall–Kier alpha value is -2.14. The second-order valence-electron chi connectivity index (χ2n) is 4.17. The van der Waals surface area contributed by atoms with Crippen LogP contribution in [0.2, 0.25) is 5.02 Å². The van der Waals surface area contributed by atoms with E-state index in [2.05, 4.69) is 5.10 Å². The van der Waals surface area contributed by atoms with Crippen LogP contribution in [0.3, 0.4) is 0 Å². The molecule has 0 aliphatic rings. The van der Waals surface area contributed by atoms with Crippen molar-refractivity contribution in [3.8, 4) is 16.9 Å². The summed E-state index contributed by atoms with van der Waals surface area (Å²) in [6.07, 6.45) is 3.26. The lowest BCUT2D eigenvalue weighted by atomic mass is 10.1. The zero-order valence-corrected chi connectivity index (χ0v) is 11.2. The Morgan fingerprint density at radius 3 is 2.84 bits per heavy atom. The molecular weight excluding hydrogens is 266 g/mol. The fourth-order valence-electron chi connectivity index (χ4n) is 2.08. The topological polar surface area (TPSA) is 66.2 Å². The molecule has 2 heterocycles. The van der Waals surface area contributed by atoms with Gasteiger partial charge in [0.05, 0.1) is 24.6 Å². The molecule has 0 bridgehead atoms. The Balaban J connectivity index is 2.35. The number of ether oxygens (including phenoxy) is 1. The summed E-state index contributed by atoms with van der Waals surface area (Å²) in [7, 11) is 3.36. The van der Waals surface area contributed by atoms with Gasteiger partial charge in [-0.05, 0) is 12.1 Å². The van der Waals surface area contributed by atoms with Crippen molar-refractivity contribution in [1.29, 1.82) is 0 Å². The first-order valence-electron chi connectivity index (χ1n) is 5.65. The quantitative estimate of drug-likeness (QED) is 0.782. The molecule has 2 N–H and O–H groups in total. The maximum absolute atomic E-state index is 6.42. The van der Waals surface area contributed by atoms with Crippen molar-refractivity contribution in [2.45, 2.75) is 0 Å². The number of nitrogens with two attached hydrogens (primary N) is 1. The highest BCUT2D eigenvalue weighted by atomic mass is 35.5. The van der Waals surface area contributed by atoms with Crippen LogP contribution in [0.25, 0.3) is 22.1 Å². The number of hydrogen-bond donors (Lipinski definition) is 1. The van der Waals surface area contributed by atoms with Crippen LogP contribution >= 0.6 is 11.6 Å². The van der Waals surface area contributed by atoms with Crippen molar-refractivity contribution in [3.63, 3.8) is 0 Å². The van der Waals surface area contributed by atoms with Crippen LogP contribution in [-0.2, 0) is 7.05 Å². The molecule has 3 rings (SSSR count). The molecule has 0 atom stereocenters.